The zero-order valence-corrected chi connectivity index (χ0v) is 17.0. The molecule has 9 heteroatoms. The van der Waals surface area contributed by atoms with Crippen LogP contribution in [0.15, 0.2) is 43.4 Å². The second kappa shape index (κ2) is 7.19. The van der Waals surface area contributed by atoms with Gasteiger partial charge in [0.15, 0.2) is 11.6 Å². The van der Waals surface area contributed by atoms with Crippen LogP contribution in [0.1, 0.15) is 31.9 Å². The molecule has 31 heavy (non-hydrogen) atoms. The van der Waals surface area contributed by atoms with E-state index in [1.165, 1.54) is 23.1 Å². The second-order valence-corrected chi connectivity index (χ2v) is 8.60. The zero-order chi connectivity index (χ0) is 21.8. The molecule has 0 spiro atoms. The van der Waals surface area contributed by atoms with Crippen molar-refractivity contribution >= 4 is 5.57 Å². The molecule has 4 atom stereocenters. The van der Waals surface area contributed by atoms with Gasteiger partial charge >= 0.3 is 0 Å². The first-order valence-electron chi connectivity index (χ1n) is 10.2. The Morgan fingerprint density at radius 1 is 1.32 bits per heavy atom. The van der Waals surface area contributed by atoms with E-state index >= 15 is 0 Å². The number of aromatic nitrogens is 5. The lowest BCUT2D eigenvalue weighted by molar-refractivity contribution is 0.135. The van der Waals surface area contributed by atoms with Crippen LogP contribution in [0.3, 0.4) is 0 Å². The van der Waals surface area contributed by atoms with Crippen molar-refractivity contribution in [1.29, 1.82) is 0 Å². The van der Waals surface area contributed by atoms with Gasteiger partial charge in [0.2, 0.25) is 0 Å². The van der Waals surface area contributed by atoms with Crippen LogP contribution in [0.2, 0.25) is 0 Å². The van der Waals surface area contributed by atoms with E-state index in [-0.39, 0.29) is 29.1 Å². The summed E-state index contributed by atoms with van der Waals surface area (Å²) in [5.74, 6) is -0.670. The third kappa shape index (κ3) is 3.48. The first-order chi connectivity index (χ1) is 14.8. The zero-order valence-electron chi connectivity index (χ0n) is 17.0. The van der Waals surface area contributed by atoms with E-state index in [4.69, 9.17) is 0 Å². The van der Waals surface area contributed by atoms with Crippen LogP contribution >= 0.6 is 0 Å². The lowest BCUT2D eigenvalue weighted by Crippen LogP contribution is -2.53. The molecule has 2 fully saturated rings. The topological polar surface area (TPSA) is 88.8 Å². The van der Waals surface area contributed by atoms with Crippen molar-refractivity contribution in [1.82, 2.24) is 30.3 Å². The molecular formula is C22H22F2N6O. The van der Waals surface area contributed by atoms with Gasteiger partial charge in [-0.1, -0.05) is 6.58 Å². The van der Waals surface area contributed by atoms with Gasteiger partial charge in [0, 0.05) is 23.6 Å². The summed E-state index contributed by atoms with van der Waals surface area (Å²) in [4.78, 5) is 4.31. The summed E-state index contributed by atoms with van der Waals surface area (Å²) >= 11 is 0. The Morgan fingerprint density at radius 2 is 2.16 bits per heavy atom. The number of benzene rings is 1. The Hall–Kier alpha value is -3.20. The fourth-order valence-electron chi connectivity index (χ4n) is 4.69. The third-order valence-corrected chi connectivity index (χ3v) is 6.36. The highest BCUT2D eigenvalue weighted by molar-refractivity contribution is 5.67. The number of halogens is 2. The molecule has 160 valence electrons. The summed E-state index contributed by atoms with van der Waals surface area (Å²) in [5.41, 5.74) is 1.83. The first-order valence-corrected chi connectivity index (χ1v) is 10.2. The summed E-state index contributed by atoms with van der Waals surface area (Å²) in [6.45, 7) is 6.22. The predicted octanol–water partition coefficient (Wildman–Crippen LogP) is 3.45. The minimum atomic E-state index is -1.02. The van der Waals surface area contributed by atoms with Crippen molar-refractivity contribution in [3.8, 4) is 22.8 Å². The minimum Gasteiger partial charge on any atom is -0.507 e. The molecule has 2 bridgehead atoms. The molecule has 0 amide bonds. The van der Waals surface area contributed by atoms with Gasteiger partial charge in [0.25, 0.3) is 0 Å². The number of fused-ring (bicyclic) bond motifs is 2. The molecule has 2 saturated heterocycles. The SMILES string of the molecule is C=C(c1cnc(-c2ccc(-n3cc(F)cn3)cc2O)nn1)[C@H]1C[C@]2(C)CCC(N2)[C@H]1F. The largest absolute Gasteiger partial charge is 0.507 e. The maximum absolute atomic E-state index is 15.0. The fraction of sp³-hybridized carbons (Fsp3) is 0.364. The molecule has 3 aromatic rings. The van der Waals surface area contributed by atoms with Crippen molar-refractivity contribution in [2.75, 3.05) is 0 Å². The first kappa shape index (κ1) is 19.7. The molecule has 2 aliphatic rings. The number of nitrogens with zero attached hydrogens (tertiary/aromatic N) is 5. The van der Waals surface area contributed by atoms with E-state index in [9.17, 15) is 13.9 Å². The van der Waals surface area contributed by atoms with Crippen LogP contribution in [0, 0.1) is 11.7 Å². The molecular weight excluding hydrogens is 402 g/mol. The normalized spacial score (nSPS) is 27.4. The Morgan fingerprint density at radius 3 is 2.84 bits per heavy atom. The maximum Gasteiger partial charge on any atom is 0.185 e. The molecule has 0 radical (unpaired) electrons. The van der Waals surface area contributed by atoms with Gasteiger partial charge in [-0.25, -0.2) is 18.4 Å². The van der Waals surface area contributed by atoms with E-state index < -0.39 is 12.0 Å². The Balaban J connectivity index is 1.37. The number of allylic oxidation sites excluding steroid dienone is 1. The molecule has 2 N–H and O–H groups in total. The summed E-state index contributed by atoms with van der Waals surface area (Å²) in [6, 6.07) is 4.56. The molecule has 7 nitrogen and oxygen atoms in total. The van der Waals surface area contributed by atoms with E-state index in [2.05, 4.69) is 39.1 Å². The highest BCUT2D eigenvalue weighted by Crippen LogP contribution is 2.44. The Labute approximate surface area is 177 Å². The van der Waals surface area contributed by atoms with Gasteiger partial charge in [-0.3, -0.25) is 0 Å². The summed E-state index contributed by atoms with van der Waals surface area (Å²) in [6.07, 6.45) is 5.21. The van der Waals surface area contributed by atoms with Gasteiger partial charge in [-0.05, 0) is 43.9 Å². The van der Waals surface area contributed by atoms with E-state index in [0.717, 1.165) is 19.0 Å². The van der Waals surface area contributed by atoms with Gasteiger partial charge < -0.3 is 10.4 Å². The Kier molecular flexibility index (Phi) is 4.58. The average Bonchev–Trinajstić information content (AvgIpc) is 3.34. The number of aromatic hydroxyl groups is 1. The van der Waals surface area contributed by atoms with Crippen molar-refractivity contribution < 1.29 is 13.9 Å². The average molecular weight is 424 g/mol. The minimum absolute atomic E-state index is 0.0767. The van der Waals surface area contributed by atoms with Crippen LogP contribution < -0.4 is 5.32 Å². The molecule has 0 aliphatic carbocycles. The molecule has 0 saturated carbocycles. The smallest absolute Gasteiger partial charge is 0.185 e. The molecule has 4 heterocycles. The van der Waals surface area contributed by atoms with Crippen LogP contribution in [0.25, 0.3) is 22.6 Å². The van der Waals surface area contributed by atoms with Crippen LogP contribution in [0.5, 0.6) is 5.75 Å². The summed E-state index contributed by atoms with van der Waals surface area (Å²) in [5, 5.41) is 26.0. The highest BCUT2D eigenvalue weighted by Gasteiger charge is 2.49. The van der Waals surface area contributed by atoms with E-state index in [0.29, 0.717) is 28.9 Å². The standard InChI is InChI=1S/C22H22F2N6O/c1-12(16-8-22(2)6-5-17(27-22)20(16)24)18-10-25-21(29-28-18)15-4-3-14(7-19(15)31)30-11-13(23)9-26-30/h3-4,7,9-11,16-17,20,27,31H,1,5-6,8H2,2H3/t16-,17?,20+,22+/m1/s1. The molecule has 5 rings (SSSR count). The molecule has 1 unspecified atom stereocenters. The van der Waals surface area contributed by atoms with Crippen LogP contribution in [0.4, 0.5) is 8.78 Å². The number of rotatable bonds is 4. The highest BCUT2D eigenvalue weighted by atomic mass is 19.1. The lowest BCUT2D eigenvalue weighted by Gasteiger charge is -2.39. The summed E-state index contributed by atoms with van der Waals surface area (Å²) < 4.78 is 29.5. The van der Waals surface area contributed by atoms with Crippen LogP contribution in [-0.2, 0) is 0 Å². The van der Waals surface area contributed by atoms with Crippen molar-refractivity contribution in [2.45, 2.75) is 43.9 Å². The molecule has 2 aliphatic heterocycles. The number of hydrogen-bond acceptors (Lipinski definition) is 6. The fourth-order valence-corrected chi connectivity index (χ4v) is 4.69. The van der Waals surface area contributed by atoms with Crippen LogP contribution in [-0.4, -0.2) is 47.8 Å². The number of phenolic OH excluding ortho intramolecular Hbond substituents is 1. The quantitative estimate of drug-likeness (QED) is 0.667. The van der Waals surface area contributed by atoms with Crippen molar-refractivity contribution in [3.05, 3.63) is 54.9 Å². The number of nitrogens with one attached hydrogen (secondary N) is 1. The van der Waals surface area contributed by atoms with Gasteiger partial charge in [-0.2, -0.15) is 5.10 Å². The number of phenols is 1. The summed E-state index contributed by atoms with van der Waals surface area (Å²) in [7, 11) is 0. The van der Waals surface area contributed by atoms with Gasteiger partial charge in [0.05, 0.1) is 29.8 Å². The Bertz CT molecular complexity index is 1150. The second-order valence-electron chi connectivity index (χ2n) is 8.60. The number of piperidine rings is 1. The number of hydrogen-bond donors (Lipinski definition) is 2. The van der Waals surface area contributed by atoms with Crippen molar-refractivity contribution in [2.24, 2.45) is 5.92 Å². The molecule has 2 aromatic heterocycles. The number of alkyl halides is 1. The van der Waals surface area contributed by atoms with Gasteiger partial charge in [-0.15, -0.1) is 10.2 Å². The van der Waals surface area contributed by atoms with E-state index in [1.54, 1.807) is 12.1 Å². The maximum atomic E-state index is 15.0. The lowest BCUT2D eigenvalue weighted by atomic mass is 9.79. The monoisotopic (exact) mass is 424 g/mol. The molecule has 1 aromatic carbocycles. The van der Waals surface area contributed by atoms with Crippen molar-refractivity contribution in [3.63, 3.8) is 0 Å². The van der Waals surface area contributed by atoms with Gasteiger partial charge in [0.1, 0.15) is 17.6 Å². The third-order valence-electron chi connectivity index (χ3n) is 6.36. The predicted molar refractivity (Wildman–Crippen MR) is 111 cm³/mol. The van der Waals surface area contributed by atoms with E-state index in [1.807, 2.05) is 0 Å².